The molecule has 0 radical (unpaired) electrons. The van der Waals surface area contributed by atoms with Crippen LogP contribution in [-0.2, 0) is 6.42 Å². The Kier molecular flexibility index (Phi) is 9.76. The fourth-order valence-corrected chi connectivity index (χ4v) is 3.89. The van der Waals surface area contributed by atoms with E-state index in [0.717, 1.165) is 36.2 Å². The van der Waals surface area contributed by atoms with Crippen LogP contribution in [0.4, 0.5) is 0 Å². The lowest BCUT2D eigenvalue weighted by atomic mass is 10.2. The number of thiazole rings is 1. The molecule has 2 N–H and O–H groups in total. The van der Waals surface area contributed by atoms with Crippen molar-refractivity contribution in [3.8, 4) is 10.6 Å². The Morgan fingerprint density at radius 2 is 2.08 bits per heavy atom. The van der Waals surface area contributed by atoms with Crippen molar-refractivity contribution in [2.24, 2.45) is 4.99 Å². The third-order valence-electron chi connectivity index (χ3n) is 3.65. The van der Waals surface area contributed by atoms with Gasteiger partial charge in [0, 0.05) is 35.1 Å². The number of nitrogens with zero attached hydrogens (tertiary/aromatic N) is 2. The Balaban J connectivity index is 0.00000312. The lowest BCUT2D eigenvalue weighted by Gasteiger charge is -2.23. The molecule has 8 heteroatoms. The minimum absolute atomic E-state index is 0. The molecule has 25 heavy (non-hydrogen) atoms. The first-order valence-electron chi connectivity index (χ1n) is 7.94. The van der Waals surface area contributed by atoms with Crippen LogP contribution < -0.4 is 10.6 Å². The van der Waals surface area contributed by atoms with Crippen molar-refractivity contribution >= 4 is 64.4 Å². The summed E-state index contributed by atoms with van der Waals surface area (Å²) in [4.78, 5) is 11.5. The number of hydrogen-bond acceptors (Lipinski definition) is 5. The van der Waals surface area contributed by atoms with Crippen molar-refractivity contribution in [1.82, 2.24) is 15.6 Å². The lowest BCUT2D eigenvalue weighted by molar-refractivity contribution is 0.664. The fraction of sp³-hybridized carbons (Fsp3) is 0.529. The number of hydrogen-bond donors (Lipinski definition) is 2. The van der Waals surface area contributed by atoms with Crippen LogP contribution in [0.25, 0.3) is 10.6 Å². The zero-order valence-corrected chi connectivity index (χ0v) is 20.2. The molecule has 0 amide bonds. The van der Waals surface area contributed by atoms with Gasteiger partial charge in [0.15, 0.2) is 5.96 Å². The van der Waals surface area contributed by atoms with Crippen LogP contribution in [0.5, 0.6) is 0 Å². The van der Waals surface area contributed by atoms with Crippen LogP contribution in [0.2, 0.25) is 0 Å². The predicted molar refractivity (Wildman–Crippen MR) is 126 cm³/mol. The molecule has 0 unspecified atom stereocenters. The van der Waals surface area contributed by atoms with Gasteiger partial charge in [-0.1, -0.05) is 0 Å². The zero-order chi connectivity index (χ0) is 17.6. The van der Waals surface area contributed by atoms with E-state index in [1.165, 1.54) is 9.75 Å². The van der Waals surface area contributed by atoms with Crippen LogP contribution in [0, 0.1) is 6.92 Å². The number of thioether (sulfide) groups is 1. The monoisotopic (exact) mass is 510 g/mol. The van der Waals surface area contributed by atoms with Crippen molar-refractivity contribution in [2.45, 2.75) is 31.9 Å². The fourth-order valence-electron chi connectivity index (χ4n) is 2.02. The molecule has 0 atom stereocenters. The third-order valence-corrected chi connectivity index (χ3v) is 6.85. The van der Waals surface area contributed by atoms with E-state index in [4.69, 9.17) is 0 Å². The molecule has 2 rings (SSSR count). The Morgan fingerprint density at radius 1 is 1.32 bits per heavy atom. The minimum atomic E-state index is 0. The predicted octanol–water partition coefficient (Wildman–Crippen LogP) is 4.65. The molecular weight excluding hydrogens is 483 g/mol. The Hall–Kier alpha value is -0.320. The van der Waals surface area contributed by atoms with E-state index in [2.05, 4.69) is 58.2 Å². The van der Waals surface area contributed by atoms with Gasteiger partial charge in [-0.25, -0.2) is 4.98 Å². The number of aliphatic imine (C=N–C) groups is 1. The molecule has 0 saturated carbocycles. The highest BCUT2D eigenvalue weighted by atomic mass is 127. The smallest absolute Gasteiger partial charge is 0.191 e. The second kappa shape index (κ2) is 10.7. The SMILES string of the molecule is CN=C(NCCc1ccc(-c2csc(C)n2)s1)NCC(C)(C)SC.I. The van der Waals surface area contributed by atoms with Gasteiger partial charge in [0.05, 0.1) is 15.6 Å². The van der Waals surface area contributed by atoms with Crippen molar-refractivity contribution in [3.63, 3.8) is 0 Å². The standard InChI is InChI=1S/C17H26N4S3.HI/c1-12-21-14(10-23-12)15-7-6-13(24-15)8-9-19-16(18-4)20-11-17(2,3)22-5;/h6-7,10H,8-9,11H2,1-5H3,(H2,18,19,20);1H. The van der Waals surface area contributed by atoms with E-state index in [9.17, 15) is 0 Å². The van der Waals surface area contributed by atoms with E-state index >= 15 is 0 Å². The average molecular weight is 511 g/mol. The number of aromatic nitrogens is 1. The molecule has 0 aromatic carbocycles. The first-order chi connectivity index (χ1) is 11.4. The largest absolute Gasteiger partial charge is 0.356 e. The highest BCUT2D eigenvalue weighted by molar-refractivity contribution is 14.0. The van der Waals surface area contributed by atoms with Gasteiger partial charge in [-0.2, -0.15) is 11.8 Å². The number of nitrogens with one attached hydrogen (secondary N) is 2. The Morgan fingerprint density at radius 3 is 2.68 bits per heavy atom. The van der Waals surface area contributed by atoms with Crippen molar-refractivity contribution in [2.75, 3.05) is 26.4 Å². The van der Waals surface area contributed by atoms with Crippen LogP contribution in [-0.4, -0.2) is 42.1 Å². The summed E-state index contributed by atoms with van der Waals surface area (Å²) in [5.41, 5.74) is 1.10. The van der Waals surface area contributed by atoms with Crippen molar-refractivity contribution < 1.29 is 0 Å². The van der Waals surface area contributed by atoms with Gasteiger partial charge in [0.2, 0.25) is 0 Å². The maximum absolute atomic E-state index is 4.55. The van der Waals surface area contributed by atoms with Gasteiger partial charge in [0.1, 0.15) is 0 Å². The Labute approximate surface area is 180 Å². The van der Waals surface area contributed by atoms with E-state index in [1.807, 2.05) is 37.1 Å². The van der Waals surface area contributed by atoms with E-state index in [0.29, 0.717) is 0 Å². The zero-order valence-electron chi connectivity index (χ0n) is 15.4. The summed E-state index contributed by atoms with van der Waals surface area (Å²) in [7, 11) is 1.81. The molecule has 0 aliphatic rings. The second-order valence-corrected chi connectivity index (χ2v) is 9.83. The summed E-state index contributed by atoms with van der Waals surface area (Å²) in [6.45, 7) is 8.26. The average Bonchev–Trinajstić information content (AvgIpc) is 3.19. The molecule has 0 aliphatic carbocycles. The molecule has 140 valence electrons. The molecule has 2 heterocycles. The van der Waals surface area contributed by atoms with E-state index in [1.54, 1.807) is 11.3 Å². The summed E-state index contributed by atoms with van der Waals surface area (Å²) in [5.74, 6) is 0.865. The molecule has 2 aromatic rings. The lowest BCUT2D eigenvalue weighted by Crippen LogP contribution is -2.43. The van der Waals surface area contributed by atoms with Crippen molar-refractivity contribution in [3.05, 3.63) is 27.4 Å². The number of guanidine groups is 1. The quantitative estimate of drug-likeness (QED) is 0.324. The maximum atomic E-state index is 4.55. The van der Waals surface area contributed by atoms with Gasteiger partial charge >= 0.3 is 0 Å². The highest BCUT2D eigenvalue weighted by Gasteiger charge is 2.16. The number of rotatable bonds is 7. The molecule has 0 spiro atoms. The molecule has 0 bridgehead atoms. The highest BCUT2D eigenvalue weighted by Crippen LogP contribution is 2.29. The molecule has 0 fully saturated rings. The van der Waals surface area contributed by atoms with E-state index in [-0.39, 0.29) is 28.7 Å². The van der Waals surface area contributed by atoms with Crippen LogP contribution >= 0.6 is 58.4 Å². The number of aryl methyl sites for hydroxylation is 1. The normalized spacial score (nSPS) is 12.0. The number of thiophene rings is 1. The number of halogens is 1. The molecule has 4 nitrogen and oxygen atoms in total. The molecule has 2 aromatic heterocycles. The van der Waals surface area contributed by atoms with Crippen molar-refractivity contribution in [1.29, 1.82) is 0 Å². The van der Waals surface area contributed by atoms with Crippen LogP contribution in [0.3, 0.4) is 0 Å². The molecule has 0 saturated heterocycles. The van der Waals surface area contributed by atoms with Gasteiger partial charge in [-0.05, 0) is 45.6 Å². The minimum Gasteiger partial charge on any atom is -0.356 e. The van der Waals surface area contributed by atoms with Gasteiger partial charge < -0.3 is 10.6 Å². The van der Waals surface area contributed by atoms with Gasteiger partial charge in [0.25, 0.3) is 0 Å². The van der Waals surface area contributed by atoms with Gasteiger partial charge in [-0.15, -0.1) is 46.7 Å². The first-order valence-corrected chi connectivity index (χ1v) is 10.9. The summed E-state index contributed by atoms with van der Waals surface area (Å²) in [6, 6.07) is 4.37. The Bertz CT molecular complexity index is 679. The topological polar surface area (TPSA) is 49.3 Å². The summed E-state index contributed by atoms with van der Waals surface area (Å²) in [6.07, 6.45) is 3.12. The molecular formula is C17H27IN4S3. The molecule has 0 aliphatic heterocycles. The van der Waals surface area contributed by atoms with Crippen LogP contribution in [0.1, 0.15) is 23.7 Å². The summed E-state index contributed by atoms with van der Waals surface area (Å²) >= 11 is 5.37. The second-order valence-electron chi connectivity index (χ2n) is 6.08. The van der Waals surface area contributed by atoms with Crippen LogP contribution in [0.15, 0.2) is 22.5 Å². The third kappa shape index (κ3) is 7.44. The van der Waals surface area contributed by atoms with E-state index < -0.39 is 0 Å². The summed E-state index contributed by atoms with van der Waals surface area (Å²) < 4.78 is 0.200. The van der Waals surface area contributed by atoms with Gasteiger partial charge in [-0.3, -0.25) is 4.99 Å². The maximum Gasteiger partial charge on any atom is 0.191 e. The summed E-state index contributed by atoms with van der Waals surface area (Å²) in [5, 5.41) is 10.0. The first kappa shape index (κ1) is 22.7.